The van der Waals surface area contributed by atoms with Crippen LogP contribution in [0.5, 0.6) is 11.5 Å². The molecule has 2 aromatic rings. The monoisotopic (exact) mass is 426 g/mol. The van der Waals surface area contributed by atoms with Crippen molar-refractivity contribution in [2.45, 2.75) is 19.9 Å². The molecular weight excluding hydrogens is 404 g/mol. The Balaban J connectivity index is 2.40. The van der Waals surface area contributed by atoms with E-state index in [1.165, 1.54) is 27.2 Å². The molecule has 0 bridgehead atoms. The summed E-state index contributed by atoms with van der Waals surface area (Å²) in [6, 6.07) is 8.71. The Bertz CT molecular complexity index is 978. The summed E-state index contributed by atoms with van der Waals surface area (Å²) < 4.78 is 36.4. The molecule has 0 saturated carbocycles. The highest BCUT2D eigenvalue weighted by atomic mass is 35.5. The van der Waals surface area contributed by atoms with E-state index in [1.54, 1.807) is 30.3 Å². The summed E-state index contributed by atoms with van der Waals surface area (Å²) in [5, 5.41) is 3.20. The Labute approximate surface area is 170 Å². The van der Waals surface area contributed by atoms with Gasteiger partial charge in [0.2, 0.25) is 15.9 Å². The molecule has 2 aromatic carbocycles. The standard InChI is InChI=1S/C19H23ClN2O5S/c1-12-6-7-14(20)10-16(12)21-19(23)13(2)22(28(5,24)25)15-8-9-17(26-3)18(11-15)27-4/h6-11,13H,1-5H3,(H,21,23)/t13-/m1/s1. The molecule has 0 aliphatic rings. The molecule has 0 aliphatic heterocycles. The maximum absolute atomic E-state index is 12.8. The van der Waals surface area contributed by atoms with E-state index >= 15 is 0 Å². The van der Waals surface area contributed by atoms with Gasteiger partial charge < -0.3 is 14.8 Å². The summed E-state index contributed by atoms with van der Waals surface area (Å²) in [7, 11) is -0.837. The van der Waals surface area contributed by atoms with Gasteiger partial charge in [-0.05, 0) is 43.7 Å². The summed E-state index contributed by atoms with van der Waals surface area (Å²) >= 11 is 5.99. The summed E-state index contributed by atoms with van der Waals surface area (Å²) in [6.45, 7) is 3.33. The van der Waals surface area contributed by atoms with Gasteiger partial charge in [0.15, 0.2) is 11.5 Å². The Kier molecular flexibility index (Phi) is 6.79. The molecule has 0 fully saturated rings. The highest BCUT2D eigenvalue weighted by Gasteiger charge is 2.30. The first-order valence-corrected chi connectivity index (χ1v) is 10.6. The molecule has 1 N–H and O–H groups in total. The largest absolute Gasteiger partial charge is 0.493 e. The number of hydrogen-bond acceptors (Lipinski definition) is 5. The number of methoxy groups -OCH3 is 2. The average Bonchev–Trinajstić information content (AvgIpc) is 2.63. The van der Waals surface area contributed by atoms with Crippen LogP contribution in [0.3, 0.4) is 0 Å². The number of anilines is 2. The fourth-order valence-corrected chi connectivity index (χ4v) is 4.08. The third-order valence-corrected chi connectivity index (χ3v) is 5.64. The number of carbonyl (C=O) groups is 1. The highest BCUT2D eigenvalue weighted by molar-refractivity contribution is 7.92. The maximum Gasteiger partial charge on any atom is 0.248 e. The van der Waals surface area contributed by atoms with Gasteiger partial charge in [0.05, 0.1) is 26.2 Å². The van der Waals surface area contributed by atoms with Crippen LogP contribution < -0.4 is 19.1 Å². The first kappa shape index (κ1) is 21.8. The molecule has 152 valence electrons. The van der Waals surface area contributed by atoms with Crippen LogP contribution >= 0.6 is 11.6 Å². The molecule has 0 saturated heterocycles. The van der Waals surface area contributed by atoms with Crippen molar-refractivity contribution in [2.75, 3.05) is 30.1 Å². The number of ether oxygens (including phenoxy) is 2. The quantitative estimate of drug-likeness (QED) is 0.732. The van der Waals surface area contributed by atoms with Crippen molar-refractivity contribution in [3.8, 4) is 11.5 Å². The van der Waals surface area contributed by atoms with Gasteiger partial charge in [-0.3, -0.25) is 9.10 Å². The van der Waals surface area contributed by atoms with Gasteiger partial charge in [0.1, 0.15) is 6.04 Å². The van der Waals surface area contributed by atoms with E-state index in [2.05, 4.69) is 5.32 Å². The Morgan fingerprint density at radius 1 is 1.11 bits per heavy atom. The number of hydrogen-bond donors (Lipinski definition) is 1. The maximum atomic E-state index is 12.8. The summed E-state index contributed by atoms with van der Waals surface area (Å²) in [6.07, 6.45) is 1.04. The van der Waals surface area contributed by atoms with Crippen LogP contribution in [-0.2, 0) is 14.8 Å². The normalized spacial score (nSPS) is 12.2. The first-order valence-electron chi connectivity index (χ1n) is 8.37. The van der Waals surface area contributed by atoms with Crippen LogP contribution in [0.2, 0.25) is 5.02 Å². The number of carbonyl (C=O) groups excluding carboxylic acids is 1. The fourth-order valence-electron chi connectivity index (χ4n) is 2.74. The van der Waals surface area contributed by atoms with Gasteiger partial charge in [-0.15, -0.1) is 0 Å². The van der Waals surface area contributed by atoms with Gasteiger partial charge in [0, 0.05) is 16.8 Å². The lowest BCUT2D eigenvalue weighted by atomic mass is 10.2. The lowest BCUT2D eigenvalue weighted by Crippen LogP contribution is -2.45. The van der Waals surface area contributed by atoms with Crippen LogP contribution in [0, 0.1) is 6.92 Å². The minimum atomic E-state index is -3.77. The molecule has 0 aromatic heterocycles. The molecule has 1 amide bonds. The van der Waals surface area contributed by atoms with Crippen molar-refractivity contribution in [3.63, 3.8) is 0 Å². The summed E-state index contributed by atoms with van der Waals surface area (Å²) in [4.78, 5) is 12.8. The molecular formula is C19H23ClN2O5S. The minimum Gasteiger partial charge on any atom is -0.493 e. The lowest BCUT2D eigenvalue weighted by Gasteiger charge is -2.29. The lowest BCUT2D eigenvalue weighted by molar-refractivity contribution is -0.116. The third-order valence-electron chi connectivity index (χ3n) is 4.17. The molecule has 1 atom stereocenters. The number of nitrogens with one attached hydrogen (secondary N) is 1. The Hall–Kier alpha value is -2.45. The number of halogens is 1. The molecule has 0 spiro atoms. The topological polar surface area (TPSA) is 84.9 Å². The van der Waals surface area contributed by atoms with Crippen LogP contribution in [0.15, 0.2) is 36.4 Å². The van der Waals surface area contributed by atoms with Crippen LogP contribution in [0.1, 0.15) is 12.5 Å². The SMILES string of the molecule is COc1ccc(N([C@H](C)C(=O)Nc2cc(Cl)ccc2C)S(C)(=O)=O)cc1OC. The average molecular weight is 427 g/mol. The predicted octanol–water partition coefficient (Wildman–Crippen LogP) is 3.46. The van der Waals surface area contributed by atoms with Crippen molar-refractivity contribution >= 4 is 38.9 Å². The summed E-state index contributed by atoms with van der Waals surface area (Å²) in [5.74, 6) is 0.309. The second-order valence-electron chi connectivity index (χ2n) is 6.22. The van der Waals surface area contributed by atoms with Crippen molar-refractivity contribution in [1.82, 2.24) is 0 Å². The smallest absolute Gasteiger partial charge is 0.248 e. The Morgan fingerprint density at radius 3 is 2.32 bits per heavy atom. The van der Waals surface area contributed by atoms with E-state index in [0.29, 0.717) is 22.2 Å². The zero-order valence-electron chi connectivity index (χ0n) is 16.3. The van der Waals surface area contributed by atoms with E-state index in [9.17, 15) is 13.2 Å². The van der Waals surface area contributed by atoms with E-state index in [0.717, 1.165) is 16.1 Å². The van der Waals surface area contributed by atoms with E-state index < -0.39 is 22.0 Å². The van der Waals surface area contributed by atoms with Crippen molar-refractivity contribution in [1.29, 1.82) is 0 Å². The number of aryl methyl sites for hydroxylation is 1. The predicted molar refractivity (Wildman–Crippen MR) is 111 cm³/mol. The van der Waals surface area contributed by atoms with Gasteiger partial charge in [-0.1, -0.05) is 17.7 Å². The zero-order valence-corrected chi connectivity index (χ0v) is 17.9. The van der Waals surface area contributed by atoms with Gasteiger partial charge in [0.25, 0.3) is 0 Å². The number of sulfonamides is 1. The third kappa shape index (κ3) is 4.88. The van der Waals surface area contributed by atoms with Gasteiger partial charge in [-0.2, -0.15) is 0 Å². The highest BCUT2D eigenvalue weighted by Crippen LogP contribution is 2.33. The van der Waals surface area contributed by atoms with Crippen molar-refractivity contribution in [2.24, 2.45) is 0 Å². The molecule has 2 rings (SSSR count). The second-order valence-corrected chi connectivity index (χ2v) is 8.52. The van der Waals surface area contributed by atoms with E-state index in [4.69, 9.17) is 21.1 Å². The zero-order chi connectivity index (χ0) is 21.1. The molecule has 9 heteroatoms. The van der Waals surface area contributed by atoms with Gasteiger partial charge in [-0.25, -0.2) is 8.42 Å². The van der Waals surface area contributed by atoms with Gasteiger partial charge >= 0.3 is 0 Å². The first-order chi connectivity index (χ1) is 13.1. The molecule has 0 aliphatic carbocycles. The molecule has 7 nitrogen and oxygen atoms in total. The number of nitrogens with zero attached hydrogens (tertiary/aromatic N) is 1. The van der Waals surface area contributed by atoms with E-state index in [-0.39, 0.29) is 5.69 Å². The van der Waals surface area contributed by atoms with Crippen LogP contribution in [-0.4, -0.2) is 40.8 Å². The fraction of sp³-hybridized carbons (Fsp3) is 0.316. The molecule has 0 unspecified atom stereocenters. The number of amides is 1. The van der Waals surface area contributed by atoms with Crippen LogP contribution in [0.25, 0.3) is 0 Å². The molecule has 0 radical (unpaired) electrons. The van der Waals surface area contributed by atoms with Crippen LogP contribution in [0.4, 0.5) is 11.4 Å². The Morgan fingerprint density at radius 2 is 1.75 bits per heavy atom. The molecule has 28 heavy (non-hydrogen) atoms. The van der Waals surface area contributed by atoms with Crippen molar-refractivity contribution in [3.05, 3.63) is 47.0 Å². The second kappa shape index (κ2) is 8.70. The number of rotatable bonds is 7. The van der Waals surface area contributed by atoms with Crippen molar-refractivity contribution < 1.29 is 22.7 Å². The summed E-state index contributed by atoms with van der Waals surface area (Å²) in [5.41, 5.74) is 1.61. The minimum absolute atomic E-state index is 0.283. The number of benzene rings is 2. The van der Waals surface area contributed by atoms with E-state index in [1.807, 2.05) is 6.92 Å². The molecule has 0 heterocycles.